The third-order valence-electron chi connectivity index (χ3n) is 5.01. The summed E-state index contributed by atoms with van der Waals surface area (Å²) in [5.41, 5.74) is -0.627. The van der Waals surface area contributed by atoms with E-state index in [-0.39, 0.29) is 6.04 Å². The first-order valence-corrected chi connectivity index (χ1v) is 8.30. The predicted octanol–water partition coefficient (Wildman–Crippen LogP) is 2.16. The monoisotopic (exact) mass is 293 g/mol. The van der Waals surface area contributed by atoms with Gasteiger partial charge >= 0.3 is 0 Å². The molecule has 118 valence electrons. The highest BCUT2D eigenvalue weighted by Crippen LogP contribution is 2.33. The van der Waals surface area contributed by atoms with Gasteiger partial charge in [-0.15, -0.1) is 0 Å². The van der Waals surface area contributed by atoms with Crippen LogP contribution in [0.25, 0.3) is 0 Å². The Hall–Kier alpha value is -0.910. The Bertz CT molecular complexity index is 409. The minimum atomic E-state index is -0.627. The molecule has 1 unspecified atom stereocenters. The number of nitrogens with zero attached hydrogens (tertiary/aromatic N) is 1. The fourth-order valence-electron chi connectivity index (χ4n) is 3.63. The van der Waals surface area contributed by atoms with Crippen LogP contribution in [0.1, 0.15) is 56.8 Å². The van der Waals surface area contributed by atoms with Gasteiger partial charge in [-0.2, -0.15) is 0 Å². The molecule has 21 heavy (non-hydrogen) atoms. The van der Waals surface area contributed by atoms with Crippen molar-refractivity contribution in [1.29, 1.82) is 0 Å². The molecule has 0 radical (unpaired) electrons. The summed E-state index contributed by atoms with van der Waals surface area (Å²) in [6.45, 7) is 1.94. The van der Waals surface area contributed by atoms with E-state index >= 15 is 0 Å². The van der Waals surface area contributed by atoms with E-state index in [1.165, 1.54) is 32.1 Å². The SMILES string of the molecule is OC1(CNC(c2ncc[nH]2)C2CCCCC2)CCOCC1. The van der Waals surface area contributed by atoms with Crippen molar-refractivity contribution in [2.75, 3.05) is 19.8 Å². The van der Waals surface area contributed by atoms with Gasteiger partial charge < -0.3 is 20.1 Å². The number of H-pyrrole nitrogens is 1. The molecule has 1 saturated heterocycles. The molecule has 3 rings (SSSR count). The molecule has 1 aliphatic carbocycles. The molecule has 2 heterocycles. The van der Waals surface area contributed by atoms with Crippen molar-refractivity contribution in [1.82, 2.24) is 15.3 Å². The van der Waals surface area contributed by atoms with Gasteiger partial charge in [-0.3, -0.25) is 0 Å². The lowest BCUT2D eigenvalue weighted by atomic mass is 9.83. The number of nitrogens with one attached hydrogen (secondary N) is 2. The van der Waals surface area contributed by atoms with Crippen LogP contribution in [0.3, 0.4) is 0 Å². The molecule has 1 saturated carbocycles. The van der Waals surface area contributed by atoms with Crippen LogP contribution >= 0.6 is 0 Å². The Balaban J connectivity index is 1.64. The average molecular weight is 293 g/mol. The topological polar surface area (TPSA) is 70.2 Å². The maximum absolute atomic E-state index is 10.6. The number of imidazole rings is 1. The highest BCUT2D eigenvalue weighted by atomic mass is 16.5. The fourth-order valence-corrected chi connectivity index (χ4v) is 3.63. The van der Waals surface area contributed by atoms with Crippen LogP contribution in [0.4, 0.5) is 0 Å². The number of hydrogen-bond acceptors (Lipinski definition) is 4. The smallest absolute Gasteiger partial charge is 0.123 e. The molecule has 1 atom stereocenters. The second-order valence-electron chi connectivity index (χ2n) is 6.57. The number of aromatic nitrogens is 2. The van der Waals surface area contributed by atoms with E-state index in [0.717, 1.165) is 18.7 Å². The Labute approximate surface area is 126 Å². The van der Waals surface area contributed by atoms with Crippen molar-refractivity contribution in [2.45, 2.75) is 56.6 Å². The molecule has 1 aromatic rings. The van der Waals surface area contributed by atoms with E-state index < -0.39 is 5.60 Å². The Kier molecular flexibility index (Phi) is 4.93. The lowest BCUT2D eigenvalue weighted by Crippen LogP contribution is -2.47. The van der Waals surface area contributed by atoms with Crippen LogP contribution in [-0.2, 0) is 4.74 Å². The van der Waals surface area contributed by atoms with Crippen molar-refractivity contribution in [2.24, 2.45) is 5.92 Å². The van der Waals surface area contributed by atoms with E-state index in [0.29, 0.717) is 25.7 Å². The Morgan fingerprint density at radius 3 is 2.76 bits per heavy atom. The van der Waals surface area contributed by atoms with E-state index in [9.17, 15) is 5.11 Å². The number of ether oxygens (including phenoxy) is 1. The molecule has 0 amide bonds. The zero-order chi connectivity index (χ0) is 14.5. The first kappa shape index (κ1) is 15.0. The van der Waals surface area contributed by atoms with Gasteiger partial charge in [0.1, 0.15) is 5.82 Å². The third-order valence-corrected chi connectivity index (χ3v) is 5.01. The summed E-state index contributed by atoms with van der Waals surface area (Å²) in [6, 6.07) is 0.229. The van der Waals surface area contributed by atoms with Crippen LogP contribution in [0.2, 0.25) is 0 Å². The molecular formula is C16H27N3O2. The fraction of sp³-hybridized carbons (Fsp3) is 0.812. The summed E-state index contributed by atoms with van der Waals surface area (Å²) in [6.07, 6.45) is 11.6. The minimum absolute atomic E-state index is 0.229. The molecule has 2 fully saturated rings. The maximum atomic E-state index is 10.6. The number of rotatable bonds is 5. The zero-order valence-corrected chi connectivity index (χ0v) is 12.7. The minimum Gasteiger partial charge on any atom is -0.388 e. The van der Waals surface area contributed by atoms with Crippen LogP contribution in [-0.4, -0.2) is 40.4 Å². The van der Waals surface area contributed by atoms with Crippen molar-refractivity contribution < 1.29 is 9.84 Å². The second-order valence-corrected chi connectivity index (χ2v) is 6.57. The maximum Gasteiger partial charge on any atom is 0.123 e. The van der Waals surface area contributed by atoms with Crippen LogP contribution in [0.15, 0.2) is 12.4 Å². The molecule has 3 N–H and O–H groups in total. The molecule has 2 aliphatic rings. The van der Waals surface area contributed by atoms with Gasteiger partial charge in [-0.05, 0) is 18.8 Å². The van der Waals surface area contributed by atoms with Gasteiger partial charge in [-0.1, -0.05) is 19.3 Å². The summed E-state index contributed by atoms with van der Waals surface area (Å²) < 4.78 is 5.35. The molecule has 5 heteroatoms. The van der Waals surface area contributed by atoms with E-state index in [1.807, 2.05) is 12.4 Å². The van der Waals surface area contributed by atoms with Gasteiger partial charge in [0.15, 0.2) is 0 Å². The molecule has 1 aromatic heterocycles. The van der Waals surface area contributed by atoms with E-state index in [1.54, 1.807) is 0 Å². The van der Waals surface area contributed by atoms with Gasteiger partial charge in [0, 0.05) is 45.0 Å². The molecular weight excluding hydrogens is 266 g/mol. The van der Waals surface area contributed by atoms with Crippen molar-refractivity contribution in [3.05, 3.63) is 18.2 Å². The van der Waals surface area contributed by atoms with Gasteiger partial charge in [0.05, 0.1) is 11.6 Å². The number of aromatic amines is 1. The van der Waals surface area contributed by atoms with Gasteiger partial charge in [0.2, 0.25) is 0 Å². The number of hydrogen-bond donors (Lipinski definition) is 3. The molecule has 1 aliphatic heterocycles. The summed E-state index contributed by atoms with van der Waals surface area (Å²) in [4.78, 5) is 7.71. The zero-order valence-electron chi connectivity index (χ0n) is 12.7. The normalized spacial score (nSPS) is 24.8. The summed E-state index contributed by atoms with van der Waals surface area (Å²) in [5.74, 6) is 1.63. The van der Waals surface area contributed by atoms with Crippen LogP contribution in [0, 0.1) is 5.92 Å². The average Bonchev–Trinajstić information content (AvgIpc) is 3.03. The summed E-state index contributed by atoms with van der Waals surface area (Å²) in [5, 5.41) is 14.2. The predicted molar refractivity (Wildman–Crippen MR) is 80.9 cm³/mol. The lowest BCUT2D eigenvalue weighted by molar-refractivity contribution is -0.0639. The summed E-state index contributed by atoms with van der Waals surface area (Å²) in [7, 11) is 0. The third kappa shape index (κ3) is 3.84. The highest BCUT2D eigenvalue weighted by molar-refractivity contribution is 5.00. The van der Waals surface area contributed by atoms with Crippen molar-refractivity contribution >= 4 is 0 Å². The van der Waals surface area contributed by atoms with E-state index in [4.69, 9.17) is 4.74 Å². The van der Waals surface area contributed by atoms with E-state index in [2.05, 4.69) is 15.3 Å². The molecule has 0 aromatic carbocycles. The van der Waals surface area contributed by atoms with Crippen LogP contribution in [0.5, 0.6) is 0 Å². The number of aliphatic hydroxyl groups is 1. The first-order chi connectivity index (χ1) is 10.3. The first-order valence-electron chi connectivity index (χ1n) is 8.30. The molecule has 0 spiro atoms. The second kappa shape index (κ2) is 6.90. The Morgan fingerprint density at radius 2 is 2.10 bits per heavy atom. The highest BCUT2D eigenvalue weighted by Gasteiger charge is 2.33. The molecule has 5 nitrogen and oxygen atoms in total. The van der Waals surface area contributed by atoms with Crippen molar-refractivity contribution in [3.63, 3.8) is 0 Å². The van der Waals surface area contributed by atoms with Crippen molar-refractivity contribution in [3.8, 4) is 0 Å². The molecule has 0 bridgehead atoms. The lowest BCUT2D eigenvalue weighted by Gasteiger charge is -2.36. The van der Waals surface area contributed by atoms with Gasteiger partial charge in [-0.25, -0.2) is 4.98 Å². The van der Waals surface area contributed by atoms with Crippen LogP contribution < -0.4 is 5.32 Å². The quantitative estimate of drug-likeness (QED) is 0.778. The van der Waals surface area contributed by atoms with Gasteiger partial charge in [0.25, 0.3) is 0 Å². The summed E-state index contributed by atoms with van der Waals surface area (Å²) >= 11 is 0. The largest absolute Gasteiger partial charge is 0.388 e. The Morgan fingerprint density at radius 1 is 1.33 bits per heavy atom. The standard InChI is InChI=1S/C16H27N3O2/c20-16(6-10-21-11-7-16)12-19-14(15-17-8-9-18-15)13-4-2-1-3-5-13/h8-9,13-14,19-20H,1-7,10-12H2,(H,17,18).